The Morgan fingerprint density at radius 3 is 2.50 bits per heavy atom. The van der Waals surface area contributed by atoms with Crippen molar-refractivity contribution in [2.45, 2.75) is 10.9 Å². The molecule has 0 atom stereocenters. The predicted octanol–water partition coefficient (Wildman–Crippen LogP) is 6.69. The van der Waals surface area contributed by atoms with E-state index in [9.17, 15) is 0 Å². The lowest BCUT2D eigenvalue weighted by molar-refractivity contribution is 0.885. The molecule has 0 aliphatic heterocycles. The highest BCUT2D eigenvalue weighted by atomic mass is 79.9. The van der Waals surface area contributed by atoms with Gasteiger partial charge in [-0.3, -0.25) is 9.55 Å². The Hall–Kier alpha value is -1.86. The maximum atomic E-state index is 6.14. The van der Waals surface area contributed by atoms with Gasteiger partial charge in [0.05, 0.1) is 10.0 Å². The molecule has 140 valence electrons. The number of hydrogen-bond acceptors (Lipinski definition) is 4. The van der Waals surface area contributed by atoms with Gasteiger partial charge in [0.1, 0.15) is 0 Å². The van der Waals surface area contributed by atoms with Gasteiger partial charge in [-0.05, 0) is 54.1 Å². The van der Waals surface area contributed by atoms with Gasteiger partial charge in [-0.15, -0.1) is 10.2 Å². The molecule has 28 heavy (non-hydrogen) atoms. The van der Waals surface area contributed by atoms with Crippen molar-refractivity contribution in [1.82, 2.24) is 19.7 Å². The summed E-state index contributed by atoms with van der Waals surface area (Å²) in [5.41, 5.74) is 2.94. The summed E-state index contributed by atoms with van der Waals surface area (Å²) in [5, 5.41) is 10.7. The van der Waals surface area contributed by atoms with Crippen LogP contribution < -0.4 is 0 Å². The van der Waals surface area contributed by atoms with Crippen LogP contribution in [0.2, 0.25) is 10.0 Å². The molecule has 4 nitrogen and oxygen atoms in total. The Morgan fingerprint density at radius 2 is 1.79 bits per heavy atom. The van der Waals surface area contributed by atoms with Crippen molar-refractivity contribution in [1.29, 1.82) is 0 Å². The zero-order chi connectivity index (χ0) is 19.5. The molecule has 0 aliphatic rings. The average molecular weight is 492 g/mol. The molecule has 2 aromatic heterocycles. The zero-order valence-electron chi connectivity index (χ0n) is 14.4. The monoisotopic (exact) mass is 490 g/mol. The van der Waals surface area contributed by atoms with Gasteiger partial charge in [-0.1, -0.05) is 57.0 Å². The molecule has 0 saturated carbocycles. The Bertz CT molecular complexity index is 1100. The number of aromatic nitrogens is 4. The molecule has 0 radical (unpaired) electrons. The van der Waals surface area contributed by atoms with Crippen LogP contribution in [-0.2, 0) is 5.75 Å². The Kier molecular flexibility index (Phi) is 6.01. The second-order valence-corrected chi connectivity index (χ2v) is 8.57. The molecule has 2 heterocycles. The van der Waals surface area contributed by atoms with E-state index in [0.717, 1.165) is 32.3 Å². The third kappa shape index (κ3) is 4.25. The Labute approximate surface area is 185 Å². The normalized spacial score (nSPS) is 11.0. The second kappa shape index (κ2) is 8.66. The molecule has 0 amide bonds. The van der Waals surface area contributed by atoms with Crippen LogP contribution in [-0.4, -0.2) is 19.7 Å². The van der Waals surface area contributed by atoms with E-state index in [1.54, 1.807) is 30.2 Å². The van der Waals surface area contributed by atoms with Gasteiger partial charge >= 0.3 is 0 Å². The molecule has 0 N–H and O–H groups in total. The number of benzene rings is 2. The van der Waals surface area contributed by atoms with E-state index in [0.29, 0.717) is 15.8 Å². The van der Waals surface area contributed by atoms with Crippen LogP contribution in [0.4, 0.5) is 0 Å². The predicted molar refractivity (Wildman–Crippen MR) is 118 cm³/mol. The van der Waals surface area contributed by atoms with Crippen LogP contribution in [0, 0.1) is 0 Å². The van der Waals surface area contributed by atoms with E-state index >= 15 is 0 Å². The van der Waals surface area contributed by atoms with Crippen LogP contribution in [0.15, 0.2) is 76.6 Å². The number of nitrogens with zero attached hydrogens (tertiary/aromatic N) is 4. The molecule has 2 aromatic carbocycles. The molecular formula is C20H13BrCl2N4S. The van der Waals surface area contributed by atoms with Crippen molar-refractivity contribution in [2.24, 2.45) is 0 Å². The van der Waals surface area contributed by atoms with Crippen molar-refractivity contribution >= 4 is 50.9 Å². The van der Waals surface area contributed by atoms with Crippen LogP contribution in [0.3, 0.4) is 0 Å². The summed E-state index contributed by atoms with van der Waals surface area (Å²) in [6, 6.07) is 17.5. The second-order valence-electron chi connectivity index (χ2n) is 5.90. The molecule has 4 rings (SSSR count). The lowest BCUT2D eigenvalue weighted by atomic mass is 10.2. The van der Waals surface area contributed by atoms with Gasteiger partial charge in [-0.2, -0.15) is 0 Å². The minimum atomic E-state index is 0.546. The molecular weight excluding hydrogens is 479 g/mol. The van der Waals surface area contributed by atoms with E-state index in [2.05, 4.69) is 31.1 Å². The van der Waals surface area contributed by atoms with Crippen molar-refractivity contribution < 1.29 is 0 Å². The van der Waals surface area contributed by atoms with E-state index in [-0.39, 0.29) is 0 Å². The number of hydrogen-bond donors (Lipinski definition) is 0. The summed E-state index contributed by atoms with van der Waals surface area (Å²) in [5.74, 6) is 1.44. The molecule has 0 bridgehead atoms. The first kappa shape index (κ1) is 19.5. The number of thioether (sulfide) groups is 1. The zero-order valence-corrected chi connectivity index (χ0v) is 18.3. The summed E-state index contributed by atoms with van der Waals surface area (Å²) in [6.07, 6.45) is 3.52. The Balaban J connectivity index is 1.71. The van der Waals surface area contributed by atoms with E-state index in [4.69, 9.17) is 23.2 Å². The van der Waals surface area contributed by atoms with Gasteiger partial charge in [0.15, 0.2) is 11.0 Å². The van der Waals surface area contributed by atoms with Gasteiger partial charge < -0.3 is 0 Å². The average Bonchev–Trinajstić information content (AvgIpc) is 3.14. The molecule has 4 aromatic rings. The lowest BCUT2D eigenvalue weighted by Crippen LogP contribution is -2.00. The molecule has 0 unspecified atom stereocenters. The van der Waals surface area contributed by atoms with Gasteiger partial charge in [0.25, 0.3) is 0 Å². The first-order valence-corrected chi connectivity index (χ1v) is 10.8. The minimum Gasteiger partial charge on any atom is -0.270 e. The molecule has 8 heteroatoms. The van der Waals surface area contributed by atoms with Gasteiger partial charge in [0, 0.05) is 33.9 Å². The first-order valence-electron chi connectivity index (χ1n) is 8.30. The van der Waals surface area contributed by atoms with Gasteiger partial charge in [-0.25, -0.2) is 0 Å². The minimum absolute atomic E-state index is 0.546. The molecule has 0 fully saturated rings. The topological polar surface area (TPSA) is 43.6 Å². The highest BCUT2D eigenvalue weighted by Gasteiger charge is 2.16. The quantitative estimate of drug-likeness (QED) is 0.291. The maximum absolute atomic E-state index is 6.14. The SMILES string of the molecule is Clc1ccc(CSc2nnc(-c3cccnc3)n2-c2ccc(Br)cc2)cc1Cl. The van der Waals surface area contributed by atoms with E-state index < -0.39 is 0 Å². The molecule has 0 spiro atoms. The first-order chi connectivity index (χ1) is 13.6. The fourth-order valence-corrected chi connectivity index (χ4v) is 4.13. The van der Waals surface area contributed by atoms with Crippen molar-refractivity contribution in [3.8, 4) is 17.1 Å². The molecule has 0 saturated heterocycles. The number of rotatable bonds is 5. The Morgan fingerprint density at radius 1 is 0.964 bits per heavy atom. The fraction of sp³-hybridized carbons (Fsp3) is 0.0500. The lowest BCUT2D eigenvalue weighted by Gasteiger charge is -2.10. The van der Waals surface area contributed by atoms with Crippen molar-refractivity contribution in [2.75, 3.05) is 0 Å². The van der Waals surface area contributed by atoms with Crippen LogP contribution >= 0.6 is 50.9 Å². The summed E-state index contributed by atoms with van der Waals surface area (Å²) < 4.78 is 3.04. The molecule has 0 aliphatic carbocycles. The number of pyridine rings is 1. The highest BCUT2D eigenvalue weighted by Crippen LogP contribution is 2.31. The van der Waals surface area contributed by atoms with E-state index in [1.165, 1.54) is 0 Å². The van der Waals surface area contributed by atoms with Crippen LogP contribution in [0.5, 0.6) is 0 Å². The third-order valence-electron chi connectivity index (χ3n) is 3.99. The summed E-state index contributed by atoms with van der Waals surface area (Å²) in [6.45, 7) is 0. The van der Waals surface area contributed by atoms with Crippen LogP contribution in [0.25, 0.3) is 17.1 Å². The van der Waals surface area contributed by atoms with Crippen molar-refractivity contribution in [3.63, 3.8) is 0 Å². The van der Waals surface area contributed by atoms with Gasteiger partial charge in [0.2, 0.25) is 0 Å². The van der Waals surface area contributed by atoms with E-state index in [1.807, 2.05) is 53.1 Å². The standard InChI is InChI=1S/C20H13BrCl2N4S/c21-15-4-6-16(7-5-15)27-19(14-2-1-9-24-11-14)25-26-20(27)28-12-13-3-8-17(22)18(23)10-13/h1-11H,12H2. The fourth-order valence-electron chi connectivity index (χ4n) is 2.65. The number of halogens is 3. The summed E-state index contributed by atoms with van der Waals surface area (Å²) in [4.78, 5) is 4.21. The smallest absolute Gasteiger partial charge is 0.196 e. The largest absolute Gasteiger partial charge is 0.270 e. The summed E-state index contributed by atoms with van der Waals surface area (Å²) in [7, 11) is 0. The van der Waals surface area contributed by atoms with Crippen LogP contribution in [0.1, 0.15) is 5.56 Å². The highest BCUT2D eigenvalue weighted by molar-refractivity contribution is 9.10. The third-order valence-corrected chi connectivity index (χ3v) is 6.26. The van der Waals surface area contributed by atoms with Crippen molar-refractivity contribution in [3.05, 3.63) is 87.1 Å². The summed E-state index contributed by atoms with van der Waals surface area (Å²) >= 11 is 17.2. The maximum Gasteiger partial charge on any atom is 0.196 e.